The smallest absolute Gasteiger partial charge is 0.122 e. The molecule has 2 nitrogen and oxygen atoms in total. The number of aryl methyl sites for hydroxylation is 1. The van der Waals surface area contributed by atoms with Crippen LogP contribution in [0, 0.1) is 0 Å². The van der Waals surface area contributed by atoms with Crippen molar-refractivity contribution < 1.29 is 4.74 Å². The Morgan fingerprint density at radius 1 is 1.24 bits per heavy atom. The predicted octanol–water partition coefficient (Wildman–Crippen LogP) is 3.19. The minimum atomic E-state index is 0.508. The van der Waals surface area contributed by atoms with Gasteiger partial charge in [0.2, 0.25) is 0 Å². The molecule has 0 amide bonds. The van der Waals surface area contributed by atoms with Gasteiger partial charge < -0.3 is 10.1 Å². The lowest BCUT2D eigenvalue weighted by Gasteiger charge is -2.17. The largest absolute Gasteiger partial charge is 0.496 e. The predicted molar refractivity (Wildman–Crippen MR) is 73.8 cm³/mol. The zero-order valence-corrected chi connectivity index (χ0v) is 11.7. The number of nitrogens with one attached hydrogen (secondary N) is 1. The van der Waals surface area contributed by atoms with E-state index in [1.165, 1.54) is 11.1 Å². The monoisotopic (exact) mass is 235 g/mol. The van der Waals surface area contributed by atoms with Crippen molar-refractivity contribution in [2.24, 2.45) is 0 Å². The topological polar surface area (TPSA) is 21.3 Å². The summed E-state index contributed by atoms with van der Waals surface area (Å²) in [5.74, 6) is 1.00. The lowest BCUT2D eigenvalue weighted by atomic mass is 10.0. The Morgan fingerprint density at radius 3 is 2.47 bits per heavy atom. The van der Waals surface area contributed by atoms with E-state index in [0.29, 0.717) is 12.1 Å². The SMILES string of the molecule is CCc1cc(CC(C)NC(C)C)ccc1OC. The molecule has 1 N–H and O–H groups in total. The fourth-order valence-corrected chi connectivity index (χ4v) is 2.22. The third-order valence-electron chi connectivity index (χ3n) is 2.89. The molecule has 1 unspecified atom stereocenters. The summed E-state index contributed by atoms with van der Waals surface area (Å²) >= 11 is 0. The average molecular weight is 235 g/mol. The molecule has 0 aliphatic carbocycles. The van der Waals surface area contributed by atoms with Gasteiger partial charge in [0, 0.05) is 12.1 Å². The highest BCUT2D eigenvalue weighted by atomic mass is 16.5. The van der Waals surface area contributed by atoms with Crippen molar-refractivity contribution in [1.82, 2.24) is 5.32 Å². The summed E-state index contributed by atoms with van der Waals surface area (Å²) in [5.41, 5.74) is 2.67. The van der Waals surface area contributed by atoms with E-state index in [1.807, 2.05) is 0 Å². The van der Waals surface area contributed by atoms with Crippen molar-refractivity contribution in [3.63, 3.8) is 0 Å². The van der Waals surface area contributed by atoms with Crippen LogP contribution in [0.15, 0.2) is 18.2 Å². The highest BCUT2D eigenvalue weighted by Gasteiger charge is 2.07. The first-order valence-corrected chi connectivity index (χ1v) is 6.48. The van der Waals surface area contributed by atoms with E-state index in [-0.39, 0.29) is 0 Å². The number of hydrogen-bond acceptors (Lipinski definition) is 2. The number of methoxy groups -OCH3 is 1. The van der Waals surface area contributed by atoms with E-state index in [4.69, 9.17) is 4.74 Å². The maximum atomic E-state index is 5.35. The van der Waals surface area contributed by atoms with Gasteiger partial charge in [-0.2, -0.15) is 0 Å². The van der Waals surface area contributed by atoms with Gasteiger partial charge in [-0.3, -0.25) is 0 Å². The Balaban J connectivity index is 2.72. The van der Waals surface area contributed by atoms with Crippen LogP contribution in [0.4, 0.5) is 0 Å². The molecule has 0 fully saturated rings. The summed E-state index contributed by atoms with van der Waals surface area (Å²) in [4.78, 5) is 0. The van der Waals surface area contributed by atoms with Crippen molar-refractivity contribution in [3.8, 4) is 5.75 Å². The van der Waals surface area contributed by atoms with E-state index in [9.17, 15) is 0 Å². The molecule has 17 heavy (non-hydrogen) atoms. The minimum Gasteiger partial charge on any atom is -0.496 e. The van der Waals surface area contributed by atoms with Crippen LogP contribution in [0.3, 0.4) is 0 Å². The van der Waals surface area contributed by atoms with Crippen molar-refractivity contribution in [2.75, 3.05) is 7.11 Å². The van der Waals surface area contributed by atoms with E-state index in [2.05, 4.69) is 51.2 Å². The van der Waals surface area contributed by atoms with Crippen LogP contribution < -0.4 is 10.1 Å². The van der Waals surface area contributed by atoms with Crippen molar-refractivity contribution in [3.05, 3.63) is 29.3 Å². The molecule has 1 aromatic rings. The maximum absolute atomic E-state index is 5.35. The standard InChI is InChI=1S/C15H25NO/c1-6-14-10-13(7-8-15(14)17-5)9-12(4)16-11(2)3/h7-8,10-12,16H,6,9H2,1-5H3. The lowest BCUT2D eigenvalue weighted by Crippen LogP contribution is -2.33. The fraction of sp³-hybridized carbons (Fsp3) is 0.600. The molecule has 96 valence electrons. The summed E-state index contributed by atoms with van der Waals surface area (Å²) in [6.45, 7) is 8.76. The van der Waals surface area contributed by atoms with Gasteiger partial charge in [0.25, 0.3) is 0 Å². The summed E-state index contributed by atoms with van der Waals surface area (Å²) in [6, 6.07) is 7.55. The zero-order valence-electron chi connectivity index (χ0n) is 11.7. The van der Waals surface area contributed by atoms with Gasteiger partial charge in [-0.25, -0.2) is 0 Å². The number of rotatable bonds is 6. The lowest BCUT2D eigenvalue weighted by molar-refractivity contribution is 0.409. The van der Waals surface area contributed by atoms with Gasteiger partial charge in [0.1, 0.15) is 5.75 Å². The van der Waals surface area contributed by atoms with E-state index in [0.717, 1.165) is 18.6 Å². The molecule has 0 heterocycles. The van der Waals surface area contributed by atoms with Crippen molar-refractivity contribution in [2.45, 2.75) is 52.6 Å². The quantitative estimate of drug-likeness (QED) is 0.817. The normalized spacial score (nSPS) is 12.8. The van der Waals surface area contributed by atoms with Gasteiger partial charge in [-0.05, 0) is 37.0 Å². The second kappa shape index (κ2) is 6.65. The Labute approximate surface area is 105 Å². The first-order chi connectivity index (χ1) is 8.06. The molecule has 0 aliphatic heterocycles. The van der Waals surface area contributed by atoms with Crippen LogP contribution in [0.5, 0.6) is 5.75 Å². The number of ether oxygens (including phenoxy) is 1. The van der Waals surface area contributed by atoms with Crippen molar-refractivity contribution in [1.29, 1.82) is 0 Å². The summed E-state index contributed by atoms with van der Waals surface area (Å²) in [5, 5.41) is 3.53. The molecule has 0 saturated carbocycles. The molecule has 0 aromatic heterocycles. The average Bonchev–Trinajstić information content (AvgIpc) is 2.27. The minimum absolute atomic E-state index is 0.508. The third-order valence-corrected chi connectivity index (χ3v) is 2.89. The van der Waals surface area contributed by atoms with E-state index in [1.54, 1.807) is 7.11 Å². The number of hydrogen-bond donors (Lipinski definition) is 1. The summed E-state index contributed by atoms with van der Waals surface area (Å²) in [7, 11) is 1.73. The molecule has 1 rings (SSSR count). The first-order valence-electron chi connectivity index (χ1n) is 6.48. The van der Waals surface area contributed by atoms with Crippen LogP contribution >= 0.6 is 0 Å². The van der Waals surface area contributed by atoms with E-state index >= 15 is 0 Å². The summed E-state index contributed by atoms with van der Waals surface area (Å²) < 4.78 is 5.35. The molecule has 0 radical (unpaired) electrons. The Bertz CT molecular complexity index is 347. The molecule has 0 bridgehead atoms. The van der Waals surface area contributed by atoms with Gasteiger partial charge in [0.15, 0.2) is 0 Å². The Morgan fingerprint density at radius 2 is 1.94 bits per heavy atom. The third kappa shape index (κ3) is 4.39. The van der Waals surface area contributed by atoms with Crippen LogP contribution in [0.2, 0.25) is 0 Å². The molecular formula is C15H25NO. The maximum Gasteiger partial charge on any atom is 0.122 e. The van der Waals surface area contributed by atoms with Gasteiger partial charge in [-0.15, -0.1) is 0 Å². The fourth-order valence-electron chi connectivity index (χ4n) is 2.22. The first kappa shape index (κ1) is 14.0. The highest BCUT2D eigenvalue weighted by Crippen LogP contribution is 2.21. The van der Waals surface area contributed by atoms with E-state index < -0.39 is 0 Å². The second-order valence-electron chi connectivity index (χ2n) is 4.93. The molecule has 0 spiro atoms. The molecule has 0 saturated heterocycles. The van der Waals surface area contributed by atoms with Gasteiger partial charge in [-0.1, -0.05) is 32.9 Å². The Hall–Kier alpha value is -1.02. The zero-order chi connectivity index (χ0) is 12.8. The van der Waals surface area contributed by atoms with Crippen LogP contribution in [0.25, 0.3) is 0 Å². The molecule has 2 heteroatoms. The van der Waals surface area contributed by atoms with Crippen LogP contribution in [-0.2, 0) is 12.8 Å². The van der Waals surface area contributed by atoms with Crippen LogP contribution in [0.1, 0.15) is 38.8 Å². The summed E-state index contributed by atoms with van der Waals surface area (Å²) in [6.07, 6.45) is 2.08. The van der Waals surface area contributed by atoms with Gasteiger partial charge >= 0.3 is 0 Å². The highest BCUT2D eigenvalue weighted by molar-refractivity contribution is 5.37. The van der Waals surface area contributed by atoms with Gasteiger partial charge in [0.05, 0.1) is 7.11 Å². The molecule has 0 aliphatic rings. The molecule has 1 atom stereocenters. The Kier molecular flexibility index (Phi) is 5.49. The van der Waals surface area contributed by atoms with Crippen LogP contribution in [-0.4, -0.2) is 19.2 Å². The number of benzene rings is 1. The van der Waals surface area contributed by atoms with Crippen molar-refractivity contribution >= 4 is 0 Å². The molecular weight excluding hydrogens is 210 g/mol. The second-order valence-corrected chi connectivity index (χ2v) is 4.93. The molecule has 1 aromatic carbocycles.